The summed E-state index contributed by atoms with van der Waals surface area (Å²) in [5, 5.41) is 8.89. The van der Waals surface area contributed by atoms with Crippen LogP contribution < -0.4 is 5.73 Å². The SMILES string of the molecule is CC/C=C/C/C=C/C/C=C/C/C=C/C/C=C/C/C=C/CCC(=O)OC[C@H](COP(=O)(O)OC[C@H](N)C(=O)O)OC(=O)CCCCCCCCCCCCCCCCC. The smallest absolute Gasteiger partial charge is 0.472 e. The molecular weight excluding hydrogens is 757 g/mol. The monoisotopic (exact) mass is 836 g/mol. The maximum Gasteiger partial charge on any atom is 0.472 e. The summed E-state index contributed by atoms with van der Waals surface area (Å²) in [4.78, 5) is 45.9. The van der Waals surface area contributed by atoms with E-state index in [-0.39, 0.29) is 19.4 Å². The van der Waals surface area contributed by atoms with Crippen molar-refractivity contribution in [3.63, 3.8) is 0 Å². The van der Waals surface area contributed by atoms with Gasteiger partial charge in [-0.1, -0.05) is 177 Å². The molecule has 0 saturated carbocycles. The lowest BCUT2D eigenvalue weighted by atomic mass is 10.0. The van der Waals surface area contributed by atoms with Gasteiger partial charge in [0, 0.05) is 12.8 Å². The van der Waals surface area contributed by atoms with Gasteiger partial charge in [-0.15, -0.1) is 0 Å². The molecule has 0 aliphatic rings. The second-order valence-electron chi connectivity index (χ2n) is 14.5. The van der Waals surface area contributed by atoms with Crippen LogP contribution in [0.25, 0.3) is 0 Å². The van der Waals surface area contributed by atoms with Gasteiger partial charge in [0.15, 0.2) is 6.10 Å². The quantitative estimate of drug-likeness (QED) is 0.0232. The summed E-state index contributed by atoms with van der Waals surface area (Å²) in [6, 6.07) is -1.53. The topological polar surface area (TPSA) is 172 Å². The number of phosphoric acid groups is 1. The Morgan fingerprint density at radius 1 is 0.552 bits per heavy atom. The molecule has 0 heterocycles. The van der Waals surface area contributed by atoms with Crippen LogP contribution in [0.3, 0.4) is 0 Å². The zero-order valence-corrected chi connectivity index (χ0v) is 36.8. The maximum absolute atomic E-state index is 12.6. The van der Waals surface area contributed by atoms with Gasteiger partial charge in [-0.3, -0.25) is 23.4 Å². The number of carbonyl (C=O) groups is 3. The third-order valence-electron chi connectivity index (χ3n) is 8.98. The Labute approximate surface area is 350 Å². The van der Waals surface area contributed by atoms with Crippen LogP contribution in [-0.4, -0.2) is 59.9 Å². The van der Waals surface area contributed by atoms with Crippen molar-refractivity contribution >= 4 is 25.7 Å². The van der Waals surface area contributed by atoms with Gasteiger partial charge in [0.2, 0.25) is 0 Å². The lowest BCUT2D eigenvalue weighted by Crippen LogP contribution is -2.34. The molecule has 11 nitrogen and oxygen atoms in total. The Morgan fingerprint density at radius 2 is 0.966 bits per heavy atom. The number of unbranched alkanes of at least 4 members (excludes halogenated alkanes) is 14. The van der Waals surface area contributed by atoms with Gasteiger partial charge in [-0.05, 0) is 51.4 Å². The third kappa shape index (κ3) is 39.7. The van der Waals surface area contributed by atoms with E-state index in [1.54, 1.807) is 0 Å². The normalized spacial score (nSPS) is 14.4. The van der Waals surface area contributed by atoms with Crippen molar-refractivity contribution in [2.24, 2.45) is 5.73 Å². The van der Waals surface area contributed by atoms with Gasteiger partial charge in [0.25, 0.3) is 0 Å². The molecule has 4 N–H and O–H groups in total. The molecule has 0 rings (SSSR count). The summed E-state index contributed by atoms with van der Waals surface area (Å²) >= 11 is 0. The fraction of sp³-hybridized carbons (Fsp3) is 0.674. The number of carboxylic acids is 1. The zero-order valence-electron chi connectivity index (χ0n) is 35.9. The van der Waals surface area contributed by atoms with Crippen LogP contribution in [0.4, 0.5) is 0 Å². The van der Waals surface area contributed by atoms with Crippen LogP contribution in [0, 0.1) is 0 Å². The molecular formula is C46H78NO10P. The molecule has 58 heavy (non-hydrogen) atoms. The van der Waals surface area contributed by atoms with E-state index in [0.29, 0.717) is 12.8 Å². The number of carboxylic acid groups (broad SMARTS) is 1. The number of carbonyl (C=O) groups excluding carboxylic acids is 2. The minimum Gasteiger partial charge on any atom is -0.480 e. The summed E-state index contributed by atoms with van der Waals surface area (Å²) in [7, 11) is -4.73. The van der Waals surface area contributed by atoms with Gasteiger partial charge < -0.3 is 25.2 Å². The largest absolute Gasteiger partial charge is 0.480 e. The van der Waals surface area contributed by atoms with Gasteiger partial charge >= 0.3 is 25.7 Å². The van der Waals surface area contributed by atoms with Crippen molar-refractivity contribution in [2.75, 3.05) is 19.8 Å². The third-order valence-corrected chi connectivity index (χ3v) is 9.93. The van der Waals surface area contributed by atoms with Crippen LogP contribution in [0.5, 0.6) is 0 Å². The average molecular weight is 836 g/mol. The molecule has 1 unspecified atom stereocenters. The fourth-order valence-electron chi connectivity index (χ4n) is 5.56. The summed E-state index contributed by atoms with van der Waals surface area (Å²) in [6.45, 7) is 2.61. The minimum atomic E-state index is -4.73. The average Bonchev–Trinajstić information content (AvgIpc) is 3.20. The predicted molar refractivity (Wildman–Crippen MR) is 235 cm³/mol. The van der Waals surface area contributed by atoms with E-state index in [1.165, 1.54) is 70.6 Å². The Kier molecular flexibility index (Phi) is 38.5. The number of ether oxygens (including phenoxy) is 2. The summed E-state index contributed by atoms with van der Waals surface area (Å²) in [6.07, 6.45) is 48.4. The zero-order chi connectivity index (χ0) is 42.8. The second-order valence-corrected chi connectivity index (χ2v) is 15.9. The van der Waals surface area contributed by atoms with Crippen LogP contribution in [0.2, 0.25) is 0 Å². The maximum atomic E-state index is 12.6. The fourth-order valence-corrected chi connectivity index (χ4v) is 6.34. The van der Waals surface area contributed by atoms with E-state index in [2.05, 4.69) is 79.1 Å². The molecule has 0 aliphatic heterocycles. The first kappa shape index (κ1) is 54.9. The van der Waals surface area contributed by atoms with Crippen molar-refractivity contribution < 1.29 is 47.5 Å². The number of rotatable bonds is 40. The minimum absolute atomic E-state index is 0.0947. The highest BCUT2D eigenvalue weighted by atomic mass is 31.2. The molecule has 332 valence electrons. The molecule has 0 aromatic carbocycles. The number of hydrogen-bond donors (Lipinski definition) is 3. The summed E-state index contributed by atoms with van der Waals surface area (Å²) < 4.78 is 32.6. The van der Waals surface area contributed by atoms with E-state index in [1.807, 2.05) is 12.2 Å². The lowest BCUT2D eigenvalue weighted by Gasteiger charge is -2.20. The molecule has 0 bridgehead atoms. The first-order valence-electron chi connectivity index (χ1n) is 22.0. The standard InChI is InChI=1S/C46H78NO10P/c1-3-5-7-9-11-13-15-17-19-20-21-22-24-25-27-29-31-33-35-37-44(48)54-39-42(40-55-58(52,53)56-41-43(47)46(50)51)57-45(49)38-36-34-32-30-28-26-23-18-16-14-12-10-8-6-4-2/h5,7,11,13,17,19,21-22,25,27,31,33,42-43H,3-4,6,8-10,12,14-16,18,20,23-24,26,28-30,32,34-41,47H2,1-2H3,(H,50,51)(H,52,53)/b7-5+,13-11+,19-17+,22-21+,27-25+,33-31+/t42-,43+/m1/s1. The highest BCUT2D eigenvalue weighted by Crippen LogP contribution is 2.43. The first-order chi connectivity index (χ1) is 28.1. The molecule has 0 saturated heterocycles. The van der Waals surface area contributed by atoms with Crippen LogP contribution in [0.1, 0.15) is 168 Å². The van der Waals surface area contributed by atoms with E-state index in [9.17, 15) is 23.8 Å². The number of phosphoric ester groups is 1. The van der Waals surface area contributed by atoms with Gasteiger partial charge in [0.1, 0.15) is 12.6 Å². The Hall–Kier alpha value is -3.08. The van der Waals surface area contributed by atoms with E-state index < -0.39 is 51.1 Å². The summed E-state index contributed by atoms with van der Waals surface area (Å²) in [5.74, 6) is -2.49. The molecule has 0 spiro atoms. The molecule has 3 atom stereocenters. The number of allylic oxidation sites excluding steroid dienone is 12. The van der Waals surface area contributed by atoms with Crippen LogP contribution in [0.15, 0.2) is 72.9 Å². The second kappa shape index (κ2) is 40.7. The molecule has 0 aromatic heterocycles. The van der Waals surface area contributed by atoms with Gasteiger partial charge in [0.05, 0.1) is 13.2 Å². The molecule has 12 heteroatoms. The number of aliphatic carboxylic acids is 1. The predicted octanol–water partition coefficient (Wildman–Crippen LogP) is 11.7. The van der Waals surface area contributed by atoms with Crippen molar-refractivity contribution in [3.05, 3.63) is 72.9 Å². The van der Waals surface area contributed by atoms with Crippen molar-refractivity contribution in [3.8, 4) is 0 Å². The van der Waals surface area contributed by atoms with Crippen LogP contribution in [-0.2, 0) is 37.5 Å². The molecule has 0 aromatic rings. The van der Waals surface area contributed by atoms with E-state index >= 15 is 0 Å². The van der Waals surface area contributed by atoms with Crippen LogP contribution >= 0.6 is 7.82 Å². The Morgan fingerprint density at radius 3 is 1.41 bits per heavy atom. The molecule has 0 radical (unpaired) electrons. The van der Waals surface area contributed by atoms with Crippen molar-refractivity contribution in [2.45, 2.75) is 180 Å². The molecule has 0 amide bonds. The lowest BCUT2D eigenvalue weighted by molar-refractivity contribution is -0.161. The van der Waals surface area contributed by atoms with E-state index in [0.717, 1.165) is 57.8 Å². The Bertz CT molecular complexity index is 1260. The molecule has 0 aliphatic carbocycles. The van der Waals surface area contributed by atoms with E-state index in [4.69, 9.17) is 24.8 Å². The highest BCUT2D eigenvalue weighted by molar-refractivity contribution is 7.47. The number of esters is 2. The first-order valence-corrected chi connectivity index (χ1v) is 23.5. The van der Waals surface area contributed by atoms with Crippen molar-refractivity contribution in [1.82, 2.24) is 0 Å². The Balaban J connectivity index is 4.48. The van der Waals surface area contributed by atoms with Crippen molar-refractivity contribution in [1.29, 1.82) is 0 Å². The number of hydrogen-bond acceptors (Lipinski definition) is 9. The molecule has 0 fully saturated rings. The van der Waals surface area contributed by atoms with Gasteiger partial charge in [-0.25, -0.2) is 4.57 Å². The highest BCUT2D eigenvalue weighted by Gasteiger charge is 2.28. The number of nitrogens with two attached hydrogens (primary N) is 1. The summed E-state index contributed by atoms with van der Waals surface area (Å²) in [5.41, 5.74) is 5.33. The van der Waals surface area contributed by atoms with Gasteiger partial charge in [-0.2, -0.15) is 0 Å².